The van der Waals surface area contributed by atoms with Crippen LogP contribution in [-0.2, 0) is 6.61 Å². The van der Waals surface area contributed by atoms with Gasteiger partial charge in [0.05, 0.1) is 12.2 Å². The van der Waals surface area contributed by atoms with Gasteiger partial charge < -0.3 is 9.63 Å². The Labute approximate surface area is 117 Å². The third-order valence-electron chi connectivity index (χ3n) is 3.38. The van der Waals surface area contributed by atoms with Crippen molar-refractivity contribution >= 4 is 0 Å². The van der Waals surface area contributed by atoms with Crippen LogP contribution in [0.3, 0.4) is 0 Å². The predicted octanol–water partition coefficient (Wildman–Crippen LogP) is 3.81. The number of hydrogen-bond donors (Lipinski definition) is 1. The predicted molar refractivity (Wildman–Crippen MR) is 78.0 cm³/mol. The lowest BCUT2D eigenvalue weighted by molar-refractivity contribution is 0.281. The van der Waals surface area contributed by atoms with E-state index in [-0.39, 0.29) is 6.61 Å². The Bertz CT molecular complexity index is 717. The number of benzene rings is 2. The van der Waals surface area contributed by atoms with Crippen LogP contribution in [0.2, 0.25) is 0 Å². The van der Waals surface area contributed by atoms with Crippen LogP contribution in [-0.4, -0.2) is 10.3 Å². The molecular formula is C17H15NO2. The molecule has 0 saturated heterocycles. The minimum absolute atomic E-state index is 0.0998. The van der Waals surface area contributed by atoms with Gasteiger partial charge >= 0.3 is 0 Å². The number of aromatic nitrogens is 1. The van der Waals surface area contributed by atoms with Crippen molar-refractivity contribution in [2.45, 2.75) is 13.5 Å². The van der Waals surface area contributed by atoms with Gasteiger partial charge in [-0.1, -0.05) is 59.8 Å². The lowest BCUT2D eigenvalue weighted by Crippen LogP contribution is -1.90. The van der Waals surface area contributed by atoms with Crippen LogP contribution in [0.4, 0.5) is 0 Å². The summed E-state index contributed by atoms with van der Waals surface area (Å²) < 4.78 is 5.50. The second-order valence-electron chi connectivity index (χ2n) is 4.68. The van der Waals surface area contributed by atoms with Crippen LogP contribution in [0.25, 0.3) is 22.6 Å². The molecule has 0 aliphatic heterocycles. The highest BCUT2D eigenvalue weighted by atomic mass is 16.5. The van der Waals surface area contributed by atoms with Gasteiger partial charge in [-0.3, -0.25) is 0 Å². The summed E-state index contributed by atoms with van der Waals surface area (Å²) in [4.78, 5) is 0. The Morgan fingerprint density at radius 3 is 2.40 bits per heavy atom. The molecule has 1 aromatic heterocycles. The molecule has 3 heteroatoms. The standard InChI is InChI=1S/C17H15NO2/c1-12-7-5-6-10-14(12)17-15(11-19)16(18-20-17)13-8-3-2-4-9-13/h2-10,19H,11H2,1H3. The number of aliphatic hydroxyl groups excluding tert-OH is 1. The van der Waals surface area contributed by atoms with Crippen molar-refractivity contribution in [2.24, 2.45) is 0 Å². The molecule has 0 saturated carbocycles. The molecule has 0 spiro atoms. The topological polar surface area (TPSA) is 46.3 Å². The lowest BCUT2D eigenvalue weighted by atomic mass is 10.00. The van der Waals surface area contributed by atoms with E-state index >= 15 is 0 Å². The van der Waals surface area contributed by atoms with Crippen LogP contribution in [0.15, 0.2) is 59.1 Å². The Morgan fingerprint density at radius 1 is 1.00 bits per heavy atom. The van der Waals surface area contributed by atoms with Crippen LogP contribution in [0, 0.1) is 6.92 Å². The average molecular weight is 265 g/mol. The van der Waals surface area contributed by atoms with E-state index in [1.165, 1.54) is 0 Å². The van der Waals surface area contributed by atoms with Gasteiger partial charge in [-0.25, -0.2) is 0 Å². The summed E-state index contributed by atoms with van der Waals surface area (Å²) in [6.07, 6.45) is 0. The first-order chi connectivity index (χ1) is 9.81. The zero-order valence-electron chi connectivity index (χ0n) is 11.2. The van der Waals surface area contributed by atoms with Gasteiger partial charge in [-0.05, 0) is 12.5 Å². The second-order valence-corrected chi connectivity index (χ2v) is 4.68. The Hall–Kier alpha value is -2.39. The Morgan fingerprint density at radius 2 is 1.70 bits per heavy atom. The highest BCUT2D eigenvalue weighted by Crippen LogP contribution is 2.33. The smallest absolute Gasteiger partial charge is 0.173 e. The number of rotatable bonds is 3. The SMILES string of the molecule is Cc1ccccc1-c1onc(-c2ccccc2)c1CO. The molecule has 20 heavy (non-hydrogen) atoms. The second kappa shape index (κ2) is 5.31. The third kappa shape index (κ3) is 2.12. The van der Waals surface area contributed by atoms with Crippen molar-refractivity contribution in [1.29, 1.82) is 0 Å². The van der Waals surface area contributed by atoms with Crippen LogP contribution in [0.1, 0.15) is 11.1 Å². The first kappa shape index (κ1) is 12.6. The molecule has 0 unspecified atom stereocenters. The van der Waals surface area contributed by atoms with Crippen molar-refractivity contribution in [3.8, 4) is 22.6 Å². The quantitative estimate of drug-likeness (QED) is 0.783. The Balaban J connectivity index is 2.16. The molecule has 3 aromatic rings. The highest BCUT2D eigenvalue weighted by Gasteiger charge is 2.19. The molecule has 100 valence electrons. The summed E-state index contributed by atoms with van der Waals surface area (Å²) in [6.45, 7) is 1.92. The molecule has 3 rings (SSSR count). The molecule has 1 N–H and O–H groups in total. The van der Waals surface area contributed by atoms with Gasteiger partial charge in [0.15, 0.2) is 5.76 Å². The van der Waals surface area contributed by atoms with E-state index in [0.29, 0.717) is 11.5 Å². The number of hydrogen-bond acceptors (Lipinski definition) is 3. The number of aryl methyl sites for hydroxylation is 1. The van der Waals surface area contributed by atoms with Crippen molar-refractivity contribution in [2.75, 3.05) is 0 Å². The molecule has 0 atom stereocenters. The summed E-state index contributed by atoms with van der Waals surface area (Å²) in [7, 11) is 0. The molecular weight excluding hydrogens is 250 g/mol. The lowest BCUT2D eigenvalue weighted by Gasteiger charge is -2.04. The van der Waals surface area contributed by atoms with E-state index in [9.17, 15) is 5.11 Å². The molecule has 0 amide bonds. The van der Waals surface area contributed by atoms with Gasteiger partial charge in [-0.2, -0.15) is 0 Å². The van der Waals surface area contributed by atoms with Crippen LogP contribution >= 0.6 is 0 Å². The zero-order valence-corrected chi connectivity index (χ0v) is 11.2. The maximum atomic E-state index is 9.70. The molecule has 3 nitrogen and oxygen atoms in total. The number of nitrogens with zero attached hydrogens (tertiary/aromatic N) is 1. The zero-order chi connectivity index (χ0) is 13.9. The van der Waals surface area contributed by atoms with Gasteiger partial charge in [0, 0.05) is 11.1 Å². The van der Waals surface area contributed by atoms with E-state index in [1.54, 1.807) is 0 Å². The van der Waals surface area contributed by atoms with Crippen LogP contribution in [0.5, 0.6) is 0 Å². The summed E-state index contributed by atoms with van der Waals surface area (Å²) in [5, 5.41) is 13.8. The highest BCUT2D eigenvalue weighted by molar-refractivity contribution is 5.73. The van der Waals surface area contributed by atoms with E-state index < -0.39 is 0 Å². The fraction of sp³-hybridized carbons (Fsp3) is 0.118. The summed E-state index contributed by atoms with van der Waals surface area (Å²) in [5.41, 5.74) is 4.43. The molecule has 2 aromatic carbocycles. The molecule has 0 radical (unpaired) electrons. The Kier molecular flexibility index (Phi) is 3.35. The monoisotopic (exact) mass is 265 g/mol. The fourth-order valence-electron chi connectivity index (χ4n) is 2.32. The maximum Gasteiger partial charge on any atom is 0.173 e. The van der Waals surface area contributed by atoms with Crippen molar-refractivity contribution in [3.05, 3.63) is 65.7 Å². The summed E-state index contributed by atoms with van der Waals surface area (Å²) >= 11 is 0. The molecule has 0 fully saturated rings. The minimum Gasteiger partial charge on any atom is -0.391 e. The average Bonchev–Trinajstić information content (AvgIpc) is 2.92. The van der Waals surface area contributed by atoms with Gasteiger partial charge in [0.2, 0.25) is 0 Å². The van der Waals surface area contributed by atoms with E-state index in [2.05, 4.69) is 5.16 Å². The number of aliphatic hydroxyl groups is 1. The van der Waals surface area contributed by atoms with E-state index in [1.807, 2.05) is 61.5 Å². The normalized spacial score (nSPS) is 10.7. The fourth-order valence-corrected chi connectivity index (χ4v) is 2.32. The van der Waals surface area contributed by atoms with E-state index in [4.69, 9.17) is 4.52 Å². The third-order valence-corrected chi connectivity index (χ3v) is 3.38. The molecule has 0 aliphatic carbocycles. The van der Waals surface area contributed by atoms with Crippen molar-refractivity contribution in [3.63, 3.8) is 0 Å². The first-order valence-electron chi connectivity index (χ1n) is 6.52. The first-order valence-corrected chi connectivity index (χ1v) is 6.52. The summed E-state index contributed by atoms with van der Waals surface area (Å²) in [6, 6.07) is 17.7. The molecule has 0 aliphatic rings. The van der Waals surface area contributed by atoms with Crippen molar-refractivity contribution < 1.29 is 9.63 Å². The molecule has 0 bridgehead atoms. The van der Waals surface area contributed by atoms with Crippen LogP contribution < -0.4 is 0 Å². The molecule has 1 heterocycles. The van der Waals surface area contributed by atoms with Gasteiger partial charge in [0.25, 0.3) is 0 Å². The van der Waals surface area contributed by atoms with Gasteiger partial charge in [-0.15, -0.1) is 0 Å². The van der Waals surface area contributed by atoms with E-state index in [0.717, 1.165) is 22.3 Å². The van der Waals surface area contributed by atoms with Crippen molar-refractivity contribution in [1.82, 2.24) is 5.16 Å². The maximum absolute atomic E-state index is 9.70. The largest absolute Gasteiger partial charge is 0.391 e. The minimum atomic E-state index is -0.0998. The van der Waals surface area contributed by atoms with Gasteiger partial charge in [0.1, 0.15) is 5.69 Å². The summed E-state index contributed by atoms with van der Waals surface area (Å²) in [5.74, 6) is 0.643.